The van der Waals surface area contributed by atoms with Gasteiger partial charge in [-0.3, -0.25) is 4.57 Å². The molecule has 1 heterocycles. The van der Waals surface area contributed by atoms with Crippen molar-refractivity contribution >= 4 is 17.3 Å². The SMILES string of the molecule is Cc1ccc(-c2cncn2-c2cc(N)ccc2F)cc1Cl. The third kappa shape index (κ3) is 2.50. The second kappa shape index (κ2) is 5.22. The quantitative estimate of drug-likeness (QED) is 0.720. The van der Waals surface area contributed by atoms with Crippen LogP contribution in [0.2, 0.25) is 5.02 Å². The van der Waals surface area contributed by atoms with Crippen LogP contribution in [0.4, 0.5) is 10.1 Å². The minimum Gasteiger partial charge on any atom is -0.399 e. The molecule has 0 bridgehead atoms. The number of hydrogen-bond donors (Lipinski definition) is 1. The molecular weight excluding hydrogens is 289 g/mol. The molecule has 21 heavy (non-hydrogen) atoms. The first kappa shape index (κ1) is 13.6. The van der Waals surface area contributed by atoms with E-state index in [1.165, 1.54) is 12.1 Å². The molecule has 3 aromatic rings. The number of imidazole rings is 1. The maximum atomic E-state index is 14.0. The van der Waals surface area contributed by atoms with Gasteiger partial charge in [-0.15, -0.1) is 0 Å². The number of aryl methyl sites for hydroxylation is 1. The van der Waals surface area contributed by atoms with Gasteiger partial charge < -0.3 is 5.73 Å². The van der Waals surface area contributed by atoms with Crippen molar-refractivity contribution in [1.82, 2.24) is 9.55 Å². The molecule has 0 unspecified atom stereocenters. The first-order chi connectivity index (χ1) is 10.1. The highest BCUT2D eigenvalue weighted by atomic mass is 35.5. The average Bonchev–Trinajstić information content (AvgIpc) is 2.93. The fourth-order valence-corrected chi connectivity index (χ4v) is 2.35. The molecule has 3 nitrogen and oxygen atoms in total. The van der Waals surface area contributed by atoms with Crippen LogP contribution in [0, 0.1) is 12.7 Å². The van der Waals surface area contributed by atoms with Crippen molar-refractivity contribution in [2.24, 2.45) is 0 Å². The second-order valence-corrected chi connectivity index (χ2v) is 5.23. The van der Waals surface area contributed by atoms with Crippen LogP contribution >= 0.6 is 11.6 Å². The van der Waals surface area contributed by atoms with E-state index < -0.39 is 0 Å². The summed E-state index contributed by atoms with van der Waals surface area (Å²) < 4.78 is 15.7. The molecule has 0 radical (unpaired) electrons. The number of halogens is 2. The third-order valence-corrected chi connectivity index (χ3v) is 3.74. The van der Waals surface area contributed by atoms with Crippen molar-refractivity contribution in [3.8, 4) is 16.9 Å². The van der Waals surface area contributed by atoms with E-state index in [0.717, 1.165) is 16.8 Å². The number of benzene rings is 2. The zero-order chi connectivity index (χ0) is 15.0. The lowest BCUT2D eigenvalue weighted by atomic mass is 10.1. The van der Waals surface area contributed by atoms with E-state index in [2.05, 4.69) is 4.98 Å². The summed E-state index contributed by atoms with van der Waals surface area (Å²) in [5, 5.41) is 0.660. The van der Waals surface area contributed by atoms with Crippen molar-refractivity contribution in [2.75, 3.05) is 5.73 Å². The normalized spacial score (nSPS) is 10.8. The first-order valence-electron chi connectivity index (χ1n) is 6.40. The van der Waals surface area contributed by atoms with E-state index in [1.807, 2.05) is 25.1 Å². The number of hydrogen-bond acceptors (Lipinski definition) is 2. The second-order valence-electron chi connectivity index (χ2n) is 4.82. The van der Waals surface area contributed by atoms with Gasteiger partial charge in [0.1, 0.15) is 5.82 Å². The van der Waals surface area contributed by atoms with Gasteiger partial charge in [0.2, 0.25) is 0 Å². The largest absolute Gasteiger partial charge is 0.399 e. The van der Waals surface area contributed by atoms with Crippen LogP contribution in [0.5, 0.6) is 0 Å². The van der Waals surface area contributed by atoms with Gasteiger partial charge in [-0.25, -0.2) is 9.37 Å². The Kier molecular flexibility index (Phi) is 3.39. The molecule has 0 aliphatic rings. The number of nitrogen functional groups attached to an aromatic ring is 1. The first-order valence-corrected chi connectivity index (χ1v) is 6.78. The lowest BCUT2D eigenvalue weighted by molar-refractivity contribution is 0.619. The maximum absolute atomic E-state index is 14.0. The monoisotopic (exact) mass is 301 g/mol. The molecular formula is C16H13ClFN3. The van der Waals surface area contributed by atoms with Crippen LogP contribution in [-0.4, -0.2) is 9.55 Å². The summed E-state index contributed by atoms with van der Waals surface area (Å²) in [7, 11) is 0. The number of nitrogens with zero attached hydrogens (tertiary/aromatic N) is 2. The van der Waals surface area contributed by atoms with E-state index in [-0.39, 0.29) is 5.82 Å². The summed E-state index contributed by atoms with van der Waals surface area (Å²) in [6.07, 6.45) is 3.23. The van der Waals surface area contributed by atoms with Crippen LogP contribution in [0.25, 0.3) is 16.9 Å². The Morgan fingerprint density at radius 1 is 1.19 bits per heavy atom. The lowest BCUT2D eigenvalue weighted by Gasteiger charge is -2.11. The Labute approximate surface area is 126 Å². The van der Waals surface area contributed by atoms with Gasteiger partial charge in [0.05, 0.1) is 23.9 Å². The Hall–Kier alpha value is -2.33. The Balaban J connectivity index is 2.17. The summed E-state index contributed by atoms with van der Waals surface area (Å²) in [6, 6.07) is 10.1. The van der Waals surface area contributed by atoms with E-state index in [4.69, 9.17) is 17.3 Å². The molecule has 0 amide bonds. The number of anilines is 1. The van der Waals surface area contributed by atoms with E-state index >= 15 is 0 Å². The molecule has 0 aliphatic heterocycles. The molecule has 0 fully saturated rings. The maximum Gasteiger partial charge on any atom is 0.147 e. The summed E-state index contributed by atoms with van der Waals surface area (Å²) >= 11 is 6.16. The van der Waals surface area contributed by atoms with Gasteiger partial charge in [0.25, 0.3) is 0 Å². The fourth-order valence-electron chi connectivity index (χ4n) is 2.17. The molecule has 106 valence electrons. The molecule has 0 saturated heterocycles. The highest BCUT2D eigenvalue weighted by Gasteiger charge is 2.12. The Morgan fingerprint density at radius 3 is 2.76 bits per heavy atom. The van der Waals surface area contributed by atoms with Gasteiger partial charge in [0, 0.05) is 16.3 Å². The molecule has 2 N–H and O–H groups in total. The van der Waals surface area contributed by atoms with Gasteiger partial charge in [-0.1, -0.05) is 23.7 Å². The number of aromatic nitrogens is 2. The van der Waals surface area contributed by atoms with Gasteiger partial charge in [0.15, 0.2) is 0 Å². The van der Waals surface area contributed by atoms with Gasteiger partial charge in [-0.05, 0) is 36.8 Å². The summed E-state index contributed by atoms with van der Waals surface area (Å²) in [6.45, 7) is 1.93. The topological polar surface area (TPSA) is 43.8 Å². The molecule has 3 rings (SSSR count). The predicted molar refractivity (Wildman–Crippen MR) is 83.1 cm³/mol. The van der Waals surface area contributed by atoms with Gasteiger partial charge >= 0.3 is 0 Å². The minimum atomic E-state index is -0.360. The van der Waals surface area contributed by atoms with E-state index in [0.29, 0.717) is 16.4 Å². The standard InChI is InChI=1S/C16H13ClFN3/c1-10-2-3-11(6-13(10)17)16-8-20-9-21(16)15-7-12(19)4-5-14(15)18/h2-9H,19H2,1H3. The molecule has 5 heteroatoms. The minimum absolute atomic E-state index is 0.360. The van der Waals surface area contributed by atoms with Crippen LogP contribution in [0.15, 0.2) is 48.9 Å². The summed E-state index contributed by atoms with van der Waals surface area (Å²) in [4.78, 5) is 4.11. The lowest BCUT2D eigenvalue weighted by Crippen LogP contribution is -2.00. The third-order valence-electron chi connectivity index (χ3n) is 3.34. The van der Waals surface area contributed by atoms with Crippen LogP contribution in [0.3, 0.4) is 0 Å². The van der Waals surface area contributed by atoms with Crippen LogP contribution in [0.1, 0.15) is 5.56 Å². The molecule has 2 aromatic carbocycles. The Morgan fingerprint density at radius 2 is 2.00 bits per heavy atom. The van der Waals surface area contributed by atoms with E-state index in [9.17, 15) is 4.39 Å². The van der Waals surface area contributed by atoms with Crippen LogP contribution in [-0.2, 0) is 0 Å². The zero-order valence-electron chi connectivity index (χ0n) is 11.3. The molecule has 0 saturated carbocycles. The number of rotatable bonds is 2. The predicted octanol–water partition coefficient (Wildman–Crippen LogP) is 4.22. The fraction of sp³-hybridized carbons (Fsp3) is 0.0625. The molecule has 0 spiro atoms. The van der Waals surface area contributed by atoms with Crippen molar-refractivity contribution in [1.29, 1.82) is 0 Å². The number of nitrogens with two attached hydrogens (primary N) is 1. The zero-order valence-corrected chi connectivity index (χ0v) is 12.1. The summed E-state index contributed by atoms with van der Waals surface area (Å²) in [5.74, 6) is -0.360. The Bertz CT molecular complexity index is 811. The van der Waals surface area contributed by atoms with Crippen molar-refractivity contribution in [2.45, 2.75) is 6.92 Å². The van der Waals surface area contributed by atoms with Gasteiger partial charge in [-0.2, -0.15) is 0 Å². The van der Waals surface area contributed by atoms with Crippen molar-refractivity contribution < 1.29 is 4.39 Å². The smallest absolute Gasteiger partial charge is 0.147 e. The molecule has 1 aromatic heterocycles. The molecule has 0 atom stereocenters. The summed E-state index contributed by atoms with van der Waals surface area (Å²) in [5.41, 5.74) is 9.20. The van der Waals surface area contributed by atoms with Crippen molar-refractivity contribution in [3.63, 3.8) is 0 Å². The van der Waals surface area contributed by atoms with Crippen LogP contribution < -0.4 is 5.73 Å². The highest BCUT2D eigenvalue weighted by Crippen LogP contribution is 2.28. The average molecular weight is 302 g/mol. The highest BCUT2D eigenvalue weighted by molar-refractivity contribution is 6.31. The van der Waals surface area contributed by atoms with E-state index in [1.54, 1.807) is 23.2 Å². The molecule has 0 aliphatic carbocycles. The van der Waals surface area contributed by atoms with Crippen molar-refractivity contribution in [3.05, 3.63) is 65.3 Å².